The number of allylic oxidation sites excluding steroid dienone is 2. The predicted octanol–water partition coefficient (Wildman–Crippen LogP) is 5.90. The lowest BCUT2D eigenvalue weighted by atomic mass is 9.69. The number of carbonyl (C=O) groups is 2. The van der Waals surface area contributed by atoms with Crippen molar-refractivity contribution in [3.63, 3.8) is 0 Å². The Balaban J connectivity index is 0.00000145. The van der Waals surface area contributed by atoms with E-state index in [1.165, 1.54) is 23.8 Å². The molecule has 1 fully saturated rings. The number of hydrogen-bond acceptors (Lipinski definition) is 4. The van der Waals surface area contributed by atoms with Gasteiger partial charge in [-0.25, -0.2) is 0 Å². The smallest absolute Gasteiger partial charge is 0.309 e. The molecule has 2 aliphatic rings. The van der Waals surface area contributed by atoms with Crippen LogP contribution in [0.5, 0.6) is 0 Å². The molecule has 4 nitrogen and oxygen atoms in total. The molecule has 4 heteroatoms. The minimum Gasteiger partial charge on any atom is -0.466 e. The minimum atomic E-state index is -0.342. The van der Waals surface area contributed by atoms with E-state index >= 15 is 0 Å². The van der Waals surface area contributed by atoms with Gasteiger partial charge in [-0.1, -0.05) is 51.3 Å². The van der Waals surface area contributed by atoms with Crippen molar-refractivity contribution in [2.75, 3.05) is 19.0 Å². The van der Waals surface area contributed by atoms with Gasteiger partial charge in [0.1, 0.15) is 6.29 Å². The average Bonchev–Trinajstić information content (AvgIpc) is 2.80. The summed E-state index contributed by atoms with van der Waals surface area (Å²) in [6.07, 6.45) is 11.1. The van der Waals surface area contributed by atoms with Gasteiger partial charge in [-0.15, -0.1) is 0 Å². The summed E-state index contributed by atoms with van der Waals surface area (Å²) >= 11 is 0. The fourth-order valence-corrected chi connectivity index (χ4v) is 4.59. The van der Waals surface area contributed by atoms with E-state index in [1.807, 2.05) is 27.8 Å². The first kappa shape index (κ1) is 23.2. The Morgan fingerprint density at radius 2 is 1.97 bits per heavy atom. The lowest BCUT2D eigenvalue weighted by Gasteiger charge is -2.34. The highest BCUT2D eigenvalue weighted by atomic mass is 16.5. The molecule has 160 valence electrons. The summed E-state index contributed by atoms with van der Waals surface area (Å²) in [5, 5.41) is 3.31. The number of carbonyl (C=O) groups excluding carboxylic acids is 2. The van der Waals surface area contributed by atoms with Gasteiger partial charge in [-0.3, -0.25) is 4.79 Å². The molecule has 0 bridgehead atoms. The van der Waals surface area contributed by atoms with Crippen molar-refractivity contribution in [2.24, 2.45) is 5.92 Å². The van der Waals surface area contributed by atoms with Gasteiger partial charge in [0.2, 0.25) is 0 Å². The molecule has 0 radical (unpaired) electrons. The maximum Gasteiger partial charge on any atom is 0.309 e. The molecule has 3 rings (SSSR count). The van der Waals surface area contributed by atoms with E-state index in [0.717, 1.165) is 56.2 Å². The normalized spacial score (nSPS) is 20.6. The second-order valence-electron chi connectivity index (χ2n) is 7.80. The van der Waals surface area contributed by atoms with Crippen LogP contribution in [0.25, 0.3) is 5.57 Å². The zero-order chi connectivity index (χ0) is 21.3. The largest absolute Gasteiger partial charge is 0.466 e. The standard InChI is InChI=1S/C23H31NO3.C2H6/c1-3-27-22(26)18-9-7-17(8-10-18)19-11-12-20(21(15-19)24-2)23(16-25)13-5-4-6-14-23;1-2/h7,11-12,15-16,18,24H,3-6,8-10,13-14H2,1-2H3;1-2H3. The third-order valence-electron chi connectivity index (χ3n) is 6.20. The van der Waals surface area contributed by atoms with Crippen LogP contribution in [0.4, 0.5) is 5.69 Å². The first-order valence-corrected chi connectivity index (χ1v) is 11.3. The molecular weight excluding hydrogens is 362 g/mol. The Hall–Kier alpha value is -2.10. The second kappa shape index (κ2) is 11.2. The Labute approximate surface area is 176 Å². The first-order chi connectivity index (χ1) is 14.1. The van der Waals surface area contributed by atoms with Crippen molar-refractivity contribution in [3.8, 4) is 0 Å². The Kier molecular flexibility index (Phi) is 8.94. The molecule has 0 amide bonds. The molecule has 1 N–H and O–H groups in total. The van der Waals surface area contributed by atoms with E-state index in [-0.39, 0.29) is 17.3 Å². The molecule has 2 aliphatic carbocycles. The van der Waals surface area contributed by atoms with Gasteiger partial charge < -0.3 is 14.8 Å². The lowest BCUT2D eigenvalue weighted by molar-refractivity contribution is -0.148. The molecular formula is C25H37NO3. The zero-order valence-electron chi connectivity index (χ0n) is 18.6. The molecule has 1 unspecified atom stereocenters. The number of esters is 1. The van der Waals surface area contributed by atoms with Crippen LogP contribution in [0.3, 0.4) is 0 Å². The lowest BCUT2D eigenvalue weighted by Crippen LogP contribution is -2.31. The van der Waals surface area contributed by atoms with Gasteiger partial charge in [0.05, 0.1) is 17.9 Å². The highest BCUT2D eigenvalue weighted by molar-refractivity contribution is 5.79. The van der Waals surface area contributed by atoms with Crippen molar-refractivity contribution in [1.82, 2.24) is 0 Å². The van der Waals surface area contributed by atoms with E-state index < -0.39 is 0 Å². The molecule has 0 heterocycles. The molecule has 1 saturated carbocycles. The third-order valence-corrected chi connectivity index (χ3v) is 6.20. The zero-order valence-corrected chi connectivity index (χ0v) is 18.6. The van der Waals surface area contributed by atoms with Gasteiger partial charge in [0, 0.05) is 12.7 Å². The predicted molar refractivity (Wildman–Crippen MR) is 120 cm³/mol. The SMILES string of the molecule is CC.CCOC(=O)C1CC=C(c2ccc(C3(C=O)CCCCC3)c(NC)c2)CC1. The van der Waals surface area contributed by atoms with Crippen LogP contribution in [-0.2, 0) is 19.7 Å². The highest BCUT2D eigenvalue weighted by Crippen LogP contribution is 2.42. The Morgan fingerprint density at radius 3 is 2.52 bits per heavy atom. The summed E-state index contributed by atoms with van der Waals surface area (Å²) in [5.41, 5.74) is 4.30. The summed E-state index contributed by atoms with van der Waals surface area (Å²) in [4.78, 5) is 23.9. The van der Waals surface area contributed by atoms with Crippen LogP contribution in [0.2, 0.25) is 0 Å². The fourth-order valence-electron chi connectivity index (χ4n) is 4.59. The summed E-state index contributed by atoms with van der Waals surface area (Å²) in [6, 6.07) is 6.46. The topological polar surface area (TPSA) is 55.4 Å². The van der Waals surface area contributed by atoms with Gasteiger partial charge >= 0.3 is 5.97 Å². The number of anilines is 1. The van der Waals surface area contributed by atoms with E-state index in [4.69, 9.17) is 4.74 Å². The van der Waals surface area contributed by atoms with Crippen molar-refractivity contribution in [2.45, 2.75) is 77.6 Å². The molecule has 0 saturated heterocycles. The number of rotatable bonds is 6. The number of nitrogens with one attached hydrogen (secondary N) is 1. The van der Waals surface area contributed by atoms with Gasteiger partial charge in [-0.05, 0) is 61.8 Å². The van der Waals surface area contributed by atoms with Crippen LogP contribution >= 0.6 is 0 Å². The molecule has 0 aromatic heterocycles. The number of benzene rings is 1. The molecule has 0 spiro atoms. The van der Waals surface area contributed by atoms with Crippen molar-refractivity contribution in [3.05, 3.63) is 35.4 Å². The quantitative estimate of drug-likeness (QED) is 0.478. The Morgan fingerprint density at radius 1 is 1.24 bits per heavy atom. The Bertz CT molecular complexity index is 717. The van der Waals surface area contributed by atoms with E-state index in [2.05, 4.69) is 29.6 Å². The minimum absolute atomic E-state index is 0.0164. The highest BCUT2D eigenvalue weighted by Gasteiger charge is 2.35. The summed E-state index contributed by atoms with van der Waals surface area (Å²) in [7, 11) is 1.93. The summed E-state index contributed by atoms with van der Waals surface area (Å²) in [6.45, 7) is 6.29. The van der Waals surface area contributed by atoms with Crippen molar-refractivity contribution >= 4 is 23.5 Å². The van der Waals surface area contributed by atoms with Gasteiger partial charge in [0.25, 0.3) is 0 Å². The maximum atomic E-state index is 12.0. The molecule has 1 atom stereocenters. The van der Waals surface area contributed by atoms with Gasteiger partial charge in [-0.2, -0.15) is 0 Å². The van der Waals surface area contributed by atoms with Crippen molar-refractivity contribution in [1.29, 1.82) is 0 Å². The maximum absolute atomic E-state index is 12.0. The molecule has 0 aliphatic heterocycles. The van der Waals surface area contributed by atoms with Gasteiger partial charge in [0.15, 0.2) is 0 Å². The van der Waals surface area contributed by atoms with E-state index in [0.29, 0.717) is 6.61 Å². The third kappa shape index (κ3) is 5.29. The number of aldehydes is 1. The fraction of sp³-hybridized carbons (Fsp3) is 0.600. The van der Waals surface area contributed by atoms with Crippen LogP contribution in [-0.4, -0.2) is 25.9 Å². The van der Waals surface area contributed by atoms with Crippen LogP contribution < -0.4 is 5.32 Å². The molecule has 1 aromatic carbocycles. The van der Waals surface area contributed by atoms with Crippen LogP contribution in [0.15, 0.2) is 24.3 Å². The number of hydrogen-bond donors (Lipinski definition) is 1. The van der Waals surface area contributed by atoms with Crippen LogP contribution in [0, 0.1) is 5.92 Å². The monoisotopic (exact) mass is 399 g/mol. The summed E-state index contributed by atoms with van der Waals surface area (Å²) in [5.74, 6) is -0.0957. The van der Waals surface area contributed by atoms with E-state index in [1.54, 1.807) is 0 Å². The van der Waals surface area contributed by atoms with Crippen LogP contribution in [0.1, 0.15) is 83.3 Å². The molecule has 1 aromatic rings. The van der Waals surface area contributed by atoms with Crippen molar-refractivity contribution < 1.29 is 14.3 Å². The number of ether oxygens (including phenoxy) is 1. The summed E-state index contributed by atoms with van der Waals surface area (Å²) < 4.78 is 5.15. The molecule has 29 heavy (non-hydrogen) atoms. The average molecular weight is 400 g/mol. The first-order valence-electron chi connectivity index (χ1n) is 11.3. The van der Waals surface area contributed by atoms with E-state index in [9.17, 15) is 9.59 Å². The second-order valence-corrected chi connectivity index (χ2v) is 7.80.